The van der Waals surface area contributed by atoms with Crippen molar-refractivity contribution in [1.82, 2.24) is 9.21 Å². The van der Waals surface area contributed by atoms with Gasteiger partial charge in [0, 0.05) is 38.2 Å². The molecule has 3 atom stereocenters. The zero-order valence-electron chi connectivity index (χ0n) is 21.4. The van der Waals surface area contributed by atoms with E-state index in [2.05, 4.69) is 60.4 Å². The first-order valence-corrected chi connectivity index (χ1v) is 14.3. The fraction of sp³-hybridized carbons (Fsp3) is 0.400. The van der Waals surface area contributed by atoms with Gasteiger partial charge >= 0.3 is 0 Å². The van der Waals surface area contributed by atoms with Crippen LogP contribution in [0.15, 0.2) is 77.7 Å². The summed E-state index contributed by atoms with van der Waals surface area (Å²) < 4.78 is 34.8. The molecule has 3 aromatic rings. The predicted octanol–water partition coefficient (Wildman–Crippen LogP) is 5.24. The second kappa shape index (κ2) is 10.5. The molecule has 0 bridgehead atoms. The van der Waals surface area contributed by atoms with Gasteiger partial charge in [-0.2, -0.15) is 4.31 Å². The summed E-state index contributed by atoms with van der Waals surface area (Å²) in [4.78, 5) is 2.90. The Balaban J connectivity index is 1.45. The summed E-state index contributed by atoms with van der Waals surface area (Å²) >= 11 is 0. The SMILES string of the molecule is COC[C@@H]1[C@@H](c2ccc(-c3ccccc3C)cc2)C2CN(S(=O)(=O)c3ccccc3C)CCCCN21. The summed E-state index contributed by atoms with van der Waals surface area (Å²) in [5.41, 5.74) is 5.76. The molecule has 0 amide bonds. The van der Waals surface area contributed by atoms with Crippen LogP contribution in [0.25, 0.3) is 11.1 Å². The first-order chi connectivity index (χ1) is 17.4. The van der Waals surface area contributed by atoms with Crippen molar-refractivity contribution < 1.29 is 13.2 Å². The molecule has 0 radical (unpaired) electrons. The Bertz CT molecular complexity index is 1310. The molecule has 0 saturated carbocycles. The molecule has 2 fully saturated rings. The van der Waals surface area contributed by atoms with Crippen LogP contribution < -0.4 is 0 Å². The number of methoxy groups -OCH3 is 1. The molecule has 2 saturated heterocycles. The Morgan fingerprint density at radius 2 is 1.53 bits per heavy atom. The molecule has 1 unspecified atom stereocenters. The highest BCUT2D eigenvalue weighted by Crippen LogP contribution is 2.43. The van der Waals surface area contributed by atoms with Crippen LogP contribution in [0.2, 0.25) is 0 Å². The molecule has 5 rings (SSSR count). The Morgan fingerprint density at radius 1 is 0.861 bits per heavy atom. The molecule has 190 valence electrons. The largest absolute Gasteiger partial charge is 0.383 e. The third-order valence-electron chi connectivity index (χ3n) is 7.95. The van der Waals surface area contributed by atoms with Gasteiger partial charge in [-0.1, -0.05) is 66.7 Å². The molecule has 5 nitrogen and oxygen atoms in total. The van der Waals surface area contributed by atoms with Crippen LogP contribution in [0.5, 0.6) is 0 Å². The Morgan fingerprint density at radius 3 is 2.22 bits per heavy atom. The van der Waals surface area contributed by atoms with E-state index in [1.807, 2.05) is 25.1 Å². The van der Waals surface area contributed by atoms with Crippen LogP contribution in [0, 0.1) is 13.8 Å². The summed E-state index contributed by atoms with van der Waals surface area (Å²) in [6.45, 7) is 6.70. The van der Waals surface area contributed by atoms with Crippen molar-refractivity contribution in [3.05, 3.63) is 89.5 Å². The number of sulfonamides is 1. The highest BCUT2D eigenvalue weighted by Gasteiger charge is 2.50. The van der Waals surface area contributed by atoms with Crippen LogP contribution in [0.3, 0.4) is 0 Å². The summed E-state index contributed by atoms with van der Waals surface area (Å²) in [7, 11) is -1.81. The zero-order chi connectivity index (χ0) is 25.3. The lowest BCUT2D eigenvalue weighted by Crippen LogP contribution is -2.68. The number of hydrogen-bond donors (Lipinski definition) is 0. The predicted molar refractivity (Wildman–Crippen MR) is 145 cm³/mol. The van der Waals surface area contributed by atoms with Crippen LogP contribution in [-0.2, 0) is 14.8 Å². The minimum atomic E-state index is -3.56. The van der Waals surface area contributed by atoms with Crippen molar-refractivity contribution in [3.63, 3.8) is 0 Å². The van der Waals surface area contributed by atoms with Crippen LogP contribution in [0.1, 0.15) is 35.4 Å². The summed E-state index contributed by atoms with van der Waals surface area (Å²) in [5, 5.41) is 0. The van der Waals surface area contributed by atoms with Crippen molar-refractivity contribution in [1.29, 1.82) is 0 Å². The number of ether oxygens (including phenoxy) is 1. The van der Waals surface area contributed by atoms with Gasteiger partial charge in [0.1, 0.15) is 0 Å². The maximum absolute atomic E-state index is 13.7. The zero-order valence-corrected chi connectivity index (χ0v) is 22.2. The Kier molecular flexibility index (Phi) is 7.31. The summed E-state index contributed by atoms with van der Waals surface area (Å²) in [6, 6.07) is 25.0. The van der Waals surface area contributed by atoms with E-state index >= 15 is 0 Å². The van der Waals surface area contributed by atoms with Crippen LogP contribution >= 0.6 is 0 Å². The molecule has 2 heterocycles. The van der Waals surface area contributed by atoms with Gasteiger partial charge in [0.05, 0.1) is 11.5 Å². The van der Waals surface area contributed by atoms with E-state index < -0.39 is 10.0 Å². The lowest BCUT2D eigenvalue weighted by molar-refractivity contribution is -0.0635. The molecular weight excluding hydrogens is 468 g/mol. The average molecular weight is 505 g/mol. The van der Waals surface area contributed by atoms with Crippen molar-refractivity contribution in [2.45, 2.75) is 49.6 Å². The van der Waals surface area contributed by atoms with E-state index in [4.69, 9.17) is 4.74 Å². The van der Waals surface area contributed by atoms with Gasteiger partial charge in [0.15, 0.2) is 0 Å². The molecule has 6 heteroatoms. The molecule has 0 N–H and O–H groups in total. The normalized spacial score (nSPS) is 23.4. The quantitative estimate of drug-likeness (QED) is 0.461. The van der Waals surface area contributed by atoms with Crippen LogP contribution in [0.4, 0.5) is 0 Å². The van der Waals surface area contributed by atoms with Gasteiger partial charge in [-0.3, -0.25) is 4.90 Å². The van der Waals surface area contributed by atoms with Gasteiger partial charge < -0.3 is 4.74 Å². The van der Waals surface area contributed by atoms with Crippen molar-refractivity contribution in [2.24, 2.45) is 0 Å². The molecule has 3 aromatic carbocycles. The average Bonchev–Trinajstić information content (AvgIpc) is 2.86. The van der Waals surface area contributed by atoms with Gasteiger partial charge in [0.2, 0.25) is 10.0 Å². The topological polar surface area (TPSA) is 49.9 Å². The molecular formula is C30H36N2O3S. The molecule has 0 spiro atoms. The number of fused-ring (bicyclic) bond motifs is 1. The Hall–Kier alpha value is -2.51. The molecule has 2 aliphatic rings. The first-order valence-electron chi connectivity index (χ1n) is 12.9. The number of nitrogens with zero attached hydrogens (tertiary/aromatic N) is 2. The standard InChI is InChI=1S/C30H36N2O3S/c1-22-10-4-6-12-26(22)24-14-16-25(17-15-24)30-27-20-31(18-8-9-19-32(27)28(30)21-35-3)36(33,34)29-13-7-5-11-23(29)2/h4-7,10-17,27-28,30H,8-9,18-21H2,1-3H3/t27?,28-,30+/m1/s1. The number of benzene rings is 3. The fourth-order valence-corrected chi connectivity index (χ4v) is 7.77. The van der Waals surface area contributed by atoms with Crippen LogP contribution in [-0.4, -0.2) is 63.1 Å². The monoisotopic (exact) mass is 504 g/mol. The second-order valence-corrected chi connectivity index (χ2v) is 12.0. The Labute approximate surface area is 215 Å². The van der Waals surface area contributed by atoms with Crippen molar-refractivity contribution in [3.8, 4) is 11.1 Å². The molecule has 2 aliphatic heterocycles. The number of rotatable bonds is 6. The molecule has 36 heavy (non-hydrogen) atoms. The van der Waals surface area contributed by atoms with Gasteiger partial charge in [-0.15, -0.1) is 0 Å². The van der Waals surface area contributed by atoms with E-state index in [0.29, 0.717) is 24.6 Å². The lowest BCUT2D eigenvalue weighted by Gasteiger charge is -2.57. The van der Waals surface area contributed by atoms with Crippen molar-refractivity contribution >= 4 is 10.0 Å². The second-order valence-electron chi connectivity index (χ2n) is 10.1. The number of aryl methyl sites for hydroxylation is 2. The highest BCUT2D eigenvalue weighted by molar-refractivity contribution is 7.89. The first kappa shape index (κ1) is 25.2. The molecule has 0 aliphatic carbocycles. The minimum Gasteiger partial charge on any atom is -0.383 e. The van der Waals surface area contributed by atoms with Crippen molar-refractivity contribution in [2.75, 3.05) is 33.4 Å². The lowest BCUT2D eigenvalue weighted by atomic mass is 9.74. The van der Waals surface area contributed by atoms with E-state index in [9.17, 15) is 8.42 Å². The fourth-order valence-electron chi connectivity index (χ4n) is 6.05. The molecule has 0 aromatic heterocycles. The number of hydrogen-bond acceptors (Lipinski definition) is 4. The maximum Gasteiger partial charge on any atom is 0.243 e. The summed E-state index contributed by atoms with van der Waals surface area (Å²) in [6.07, 6.45) is 1.85. The van der Waals surface area contributed by atoms with E-state index in [1.165, 1.54) is 22.3 Å². The van der Waals surface area contributed by atoms with E-state index in [0.717, 1.165) is 24.9 Å². The smallest absolute Gasteiger partial charge is 0.243 e. The summed E-state index contributed by atoms with van der Waals surface area (Å²) in [5.74, 6) is 0.226. The van der Waals surface area contributed by atoms with Gasteiger partial charge in [-0.25, -0.2) is 8.42 Å². The minimum absolute atomic E-state index is 0.133. The van der Waals surface area contributed by atoms with E-state index in [-0.39, 0.29) is 18.0 Å². The third-order valence-corrected chi connectivity index (χ3v) is 9.97. The van der Waals surface area contributed by atoms with E-state index in [1.54, 1.807) is 17.5 Å². The highest BCUT2D eigenvalue weighted by atomic mass is 32.2. The maximum atomic E-state index is 13.7. The van der Waals surface area contributed by atoms with Gasteiger partial charge in [-0.05, 0) is 67.1 Å². The third kappa shape index (κ3) is 4.63. The van der Waals surface area contributed by atoms with Gasteiger partial charge in [0.25, 0.3) is 0 Å².